The van der Waals surface area contributed by atoms with Gasteiger partial charge in [-0.25, -0.2) is 4.79 Å². The molecule has 0 fully saturated rings. The number of likely N-dealkylation sites (N-methyl/N-ethyl adjacent to an activating group) is 1. The van der Waals surface area contributed by atoms with Gasteiger partial charge in [0.05, 0.1) is 34.4 Å². The number of carbonyl (C=O) groups is 3. The number of hydrogen-bond acceptors (Lipinski definition) is 6. The summed E-state index contributed by atoms with van der Waals surface area (Å²) < 4.78 is 17.3. The minimum Gasteiger partial charge on any atom is -0.477 e. The van der Waals surface area contributed by atoms with Crippen molar-refractivity contribution in [2.75, 3.05) is 41.0 Å². The summed E-state index contributed by atoms with van der Waals surface area (Å²) in [5.41, 5.74) is 0. The van der Waals surface area contributed by atoms with Gasteiger partial charge in [-0.15, -0.1) is 0 Å². The van der Waals surface area contributed by atoms with Crippen LogP contribution in [0.1, 0.15) is 181 Å². The first-order valence-electron chi connectivity index (χ1n) is 24.1. The number of esters is 2. The second kappa shape index (κ2) is 43.2. The quantitative estimate of drug-likeness (QED) is 0.0215. The Labute approximate surface area is 373 Å². The van der Waals surface area contributed by atoms with Crippen LogP contribution in [-0.4, -0.2) is 80.6 Å². The zero-order valence-electron chi connectivity index (χ0n) is 39.6. The van der Waals surface area contributed by atoms with Gasteiger partial charge in [0, 0.05) is 19.3 Å². The van der Waals surface area contributed by atoms with Gasteiger partial charge in [0.25, 0.3) is 0 Å². The van der Waals surface area contributed by atoms with Crippen molar-refractivity contribution in [2.24, 2.45) is 0 Å². The normalized spacial score (nSPS) is 13.7. The highest BCUT2D eigenvalue weighted by Gasteiger charge is 2.31. The lowest BCUT2D eigenvalue weighted by molar-refractivity contribution is -0.887. The number of hydrogen-bond donors (Lipinski definition) is 1. The Bertz CT molecular complexity index is 1270. The zero-order chi connectivity index (χ0) is 44.9. The van der Waals surface area contributed by atoms with Gasteiger partial charge in [0.1, 0.15) is 6.61 Å². The minimum absolute atomic E-state index is 0.0330. The van der Waals surface area contributed by atoms with E-state index in [9.17, 15) is 19.5 Å². The monoisotopic (exact) mass is 853 g/mol. The van der Waals surface area contributed by atoms with Gasteiger partial charge < -0.3 is 23.8 Å². The summed E-state index contributed by atoms with van der Waals surface area (Å²) in [7, 11) is 5.50. The summed E-state index contributed by atoms with van der Waals surface area (Å²) in [6, 6.07) is -0.630. The first-order chi connectivity index (χ1) is 29.6. The maximum absolute atomic E-state index is 12.7. The predicted molar refractivity (Wildman–Crippen MR) is 256 cm³/mol. The molecule has 348 valence electrons. The fraction of sp³-hybridized carbons (Fsp3) is 0.679. The fourth-order valence-corrected chi connectivity index (χ4v) is 6.59. The zero-order valence-corrected chi connectivity index (χ0v) is 39.6. The lowest BCUT2D eigenvalue weighted by Gasteiger charge is -2.31. The Kier molecular flexibility index (Phi) is 40.7. The molecule has 61 heavy (non-hydrogen) atoms. The summed E-state index contributed by atoms with van der Waals surface area (Å²) in [5, 5.41) is 9.64. The van der Waals surface area contributed by atoms with Crippen LogP contribution in [0.15, 0.2) is 85.1 Å². The lowest BCUT2D eigenvalue weighted by Crippen LogP contribution is -2.50. The van der Waals surface area contributed by atoms with Gasteiger partial charge in [0.15, 0.2) is 12.1 Å². The van der Waals surface area contributed by atoms with Crippen molar-refractivity contribution in [1.82, 2.24) is 0 Å². The third-order valence-corrected chi connectivity index (χ3v) is 10.3. The Morgan fingerprint density at radius 2 is 0.984 bits per heavy atom. The van der Waals surface area contributed by atoms with E-state index in [0.717, 1.165) is 57.8 Å². The molecular weight excluding hydrogens is 763 g/mol. The van der Waals surface area contributed by atoms with E-state index in [1.54, 1.807) is 0 Å². The van der Waals surface area contributed by atoms with Crippen molar-refractivity contribution in [2.45, 2.75) is 193 Å². The van der Waals surface area contributed by atoms with Crippen LogP contribution >= 0.6 is 0 Å². The van der Waals surface area contributed by atoms with Crippen LogP contribution in [-0.2, 0) is 28.6 Å². The molecule has 0 aromatic carbocycles. The third kappa shape index (κ3) is 41.6. The number of ether oxygens (including phenoxy) is 3. The lowest BCUT2D eigenvalue weighted by atomic mass is 10.1. The van der Waals surface area contributed by atoms with Gasteiger partial charge in [-0.1, -0.05) is 170 Å². The van der Waals surface area contributed by atoms with Crippen molar-refractivity contribution in [1.29, 1.82) is 0 Å². The summed E-state index contributed by atoms with van der Waals surface area (Å²) in [5.74, 6) is -1.55. The topological polar surface area (TPSA) is 99.1 Å². The Morgan fingerprint density at radius 1 is 0.525 bits per heavy atom. The molecule has 0 heterocycles. The van der Waals surface area contributed by atoms with Crippen LogP contribution in [0.25, 0.3) is 0 Å². The van der Waals surface area contributed by atoms with Crippen molar-refractivity contribution in [3.63, 3.8) is 0 Å². The second-order valence-corrected chi connectivity index (χ2v) is 17.0. The molecule has 0 saturated carbocycles. The van der Waals surface area contributed by atoms with E-state index < -0.39 is 18.1 Å². The maximum atomic E-state index is 12.7. The van der Waals surface area contributed by atoms with Crippen molar-refractivity contribution in [3.8, 4) is 0 Å². The first kappa shape index (κ1) is 57.5. The van der Waals surface area contributed by atoms with Gasteiger partial charge in [-0.2, -0.15) is 0 Å². The van der Waals surface area contributed by atoms with Crippen molar-refractivity contribution in [3.05, 3.63) is 85.1 Å². The number of aliphatic carboxylic acids is 1. The smallest absolute Gasteiger partial charge is 0.362 e. The van der Waals surface area contributed by atoms with Crippen LogP contribution < -0.4 is 0 Å². The molecule has 0 radical (unpaired) electrons. The molecule has 0 spiro atoms. The molecule has 0 aliphatic heterocycles. The number of carboxylic acid groups (broad SMARTS) is 1. The molecule has 0 aromatic heterocycles. The molecular formula is C53H90NO7+. The Balaban J connectivity index is 4.38. The van der Waals surface area contributed by atoms with Gasteiger partial charge in [0.2, 0.25) is 0 Å². The Hall–Kier alpha value is -3.49. The molecule has 2 atom stereocenters. The van der Waals surface area contributed by atoms with E-state index in [1.165, 1.54) is 83.5 Å². The molecule has 0 saturated heterocycles. The highest BCUT2D eigenvalue weighted by Crippen LogP contribution is 2.14. The molecule has 0 amide bonds. The number of allylic oxidation sites excluding steroid dienone is 14. The number of nitrogens with zero attached hydrogens (tertiary/aromatic N) is 1. The third-order valence-electron chi connectivity index (χ3n) is 10.3. The molecule has 8 nitrogen and oxygen atoms in total. The SMILES string of the molecule is CC/C=C/C/C=C/C/C=C/C/C=C/C/C=C/CCCC(=O)OC(COCCC(C(=O)O)[N+](C)(C)C)COC(=O)CCCCCCCCCCCC/C=C/C=C/CCCCCC. The van der Waals surface area contributed by atoms with E-state index in [2.05, 4.69) is 98.9 Å². The number of carboxylic acids is 1. The van der Waals surface area contributed by atoms with E-state index in [0.29, 0.717) is 19.3 Å². The summed E-state index contributed by atoms with van der Waals surface area (Å²) in [6.07, 6.45) is 56.4. The van der Waals surface area contributed by atoms with Crippen LogP contribution in [0.4, 0.5) is 0 Å². The fourth-order valence-electron chi connectivity index (χ4n) is 6.59. The van der Waals surface area contributed by atoms with Crippen LogP contribution in [0.5, 0.6) is 0 Å². The first-order valence-corrected chi connectivity index (χ1v) is 24.1. The average Bonchev–Trinajstić information content (AvgIpc) is 3.22. The number of quaternary nitrogens is 1. The average molecular weight is 853 g/mol. The maximum Gasteiger partial charge on any atom is 0.362 e. The Morgan fingerprint density at radius 3 is 1.49 bits per heavy atom. The largest absolute Gasteiger partial charge is 0.477 e. The molecule has 0 aromatic rings. The van der Waals surface area contributed by atoms with Crippen molar-refractivity contribution >= 4 is 17.9 Å². The minimum atomic E-state index is -0.887. The van der Waals surface area contributed by atoms with Gasteiger partial charge in [-0.05, 0) is 77.0 Å². The number of unbranched alkanes of at least 4 members (excludes halogenated alkanes) is 15. The highest BCUT2D eigenvalue weighted by molar-refractivity contribution is 5.72. The van der Waals surface area contributed by atoms with Gasteiger partial charge >= 0.3 is 17.9 Å². The highest BCUT2D eigenvalue weighted by atomic mass is 16.6. The van der Waals surface area contributed by atoms with Gasteiger partial charge in [-0.3, -0.25) is 9.59 Å². The van der Waals surface area contributed by atoms with Crippen molar-refractivity contribution < 1.29 is 38.2 Å². The summed E-state index contributed by atoms with van der Waals surface area (Å²) in [6.45, 7) is 4.53. The molecule has 1 N–H and O–H groups in total. The van der Waals surface area contributed by atoms with E-state index in [4.69, 9.17) is 14.2 Å². The molecule has 0 bridgehead atoms. The van der Waals surface area contributed by atoms with Crippen LogP contribution in [0.2, 0.25) is 0 Å². The number of carbonyl (C=O) groups excluding carboxylic acids is 2. The molecule has 0 aliphatic rings. The van der Waals surface area contributed by atoms with Crippen LogP contribution in [0, 0.1) is 0 Å². The van der Waals surface area contributed by atoms with E-state index in [-0.39, 0.29) is 42.7 Å². The van der Waals surface area contributed by atoms with E-state index in [1.807, 2.05) is 21.1 Å². The molecule has 0 aliphatic carbocycles. The standard InChI is InChI=1S/C53H89NO7/c1-6-8-10-12-14-16-18-20-22-24-25-26-28-29-31-33-35-37-39-41-43-51(55)60-48-49(47-59-46-45-50(53(57)58)54(3,4)5)61-52(56)44-42-40-38-36-34-32-30-27-23-21-19-17-15-13-11-9-7-2/h9,11,15-18,20-23,30,32,36,38,49-50H,6-8,10,12-14,19,24-29,31,33-35,37,39-48H2,1-5H3/p+1/b11-9+,17-15+,18-16+,22-20+,23-21+,32-30+,38-36+. The molecule has 8 heteroatoms. The second-order valence-electron chi connectivity index (χ2n) is 17.0. The molecule has 0 rings (SSSR count). The summed E-state index contributed by atoms with van der Waals surface area (Å²) >= 11 is 0. The summed E-state index contributed by atoms with van der Waals surface area (Å²) in [4.78, 5) is 37.1. The van der Waals surface area contributed by atoms with E-state index >= 15 is 0 Å². The van der Waals surface area contributed by atoms with Crippen LogP contribution in [0.3, 0.4) is 0 Å². The molecule has 2 unspecified atom stereocenters. The number of rotatable bonds is 42. The predicted octanol–water partition coefficient (Wildman–Crippen LogP) is 13.7.